The van der Waals surface area contributed by atoms with E-state index in [-0.39, 0.29) is 11.4 Å². The molecule has 0 aliphatic heterocycles. The molecule has 0 aliphatic rings. The first-order valence-corrected chi connectivity index (χ1v) is 6.98. The van der Waals surface area contributed by atoms with Crippen molar-refractivity contribution in [2.45, 2.75) is 6.54 Å². The number of carbonyl (C=O) groups is 1. The summed E-state index contributed by atoms with van der Waals surface area (Å²) < 4.78 is 0. The van der Waals surface area contributed by atoms with Gasteiger partial charge in [-0.05, 0) is 29.8 Å². The van der Waals surface area contributed by atoms with Gasteiger partial charge < -0.3 is 10.4 Å². The maximum Gasteiger partial charge on any atom is 0.274 e. The Morgan fingerprint density at radius 1 is 1.23 bits per heavy atom. The second kappa shape index (κ2) is 5.99. The van der Waals surface area contributed by atoms with Crippen molar-refractivity contribution in [3.05, 3.63) is 65.1 Å². The first-order chi connectivity index (χ1) is 10.6. The highest BCUT2D eigenvalue weighted by Gasteiger charge is 2.16. The Labute approximate surface area is 131 Å². The summed E-state index contributed by atoms with van der Waals surface area (Å²) in [6.07, 6.45) is 3.06. The van der Waals surface area contributed by atoms with E-state index in [1.165, 1.54) is 6.20 Å². The maximum absolute atomic E-state index is 12.2. The Morgan fingerprint density at radius 3 is 2.91 bits per heavy atom. The molecule has 0 saturated carbocycles. The van der Waals surface area contributed by atoms with Crippen molar-refractivity contribution in [3.8, 4) is 5.75 Å². The molecule has 3 aromatic rings. The Balaban J connectivity index is 1.82. The minimum absolute atomic E-state index is 0.0479. The largest absolute Gasteiger partial charge is 0.504 e. The Bertz CT molecular complexity index is 852. The number of fused-ring (bicyclic) bond motifs is 1. The van der Waals surface area contributed by atoms with E-state index in [0.29, 0.717) is 22.5 Å². The highest BCUT2D eigenvalue weighted by molar-refractivity contribution is 6.30. The van der Waals surface area contributed by atoms with Gasteiger partial charge in [0.05, 0.1) is 0 Å². The zero-order valence-corrected chi connectivity index (χ0v) is 12.2. The van der Waals surface area contributed by atoms with Gasteiger partial charge in [-0.3, -0.25) is 9.78 Å². The van der Waals surface area contributed by atoms with Gasteiger partial charge >= 0.3 is 0 Å². The van der Waals surface area contributed by atoms with Gasteiger partial charge in [-0.25, -0.2) is 4.98 Å². The molecule has 3 rings (SSSR count). The van der Waals surface area contributed by atoms with Crippen LogP contribution in [0.2, 0.25) is 5.02 Å². The SMILES string of the molecule is O=C(NCc1cccc(Cl)c1)c1ncc2cccnc2c1O. The van der Waals surface area contributed by atoms with E-state index in [2.05, 4.69) is 15.3 Å². The fourth-order valence-corrected chi connectivity index (χ4v) is 2.32. The van der Waals surface area contributed by atoms with E-state index in [1.54, 1.807) is 36.5 Å². The number of nitrogens with one attached hydrogen (secondary N) is 1. The van der Waals surface area contributed by atoms with Gasteiger partial charge in [0.2, 0.25) is 0 Å². The van der Waals surface area contributed by atoms with Crippen molar-refractivity contribution in [1.82, 2.24) is 15.3 Å². The van der Waals surface area contributed by atoms with Crippen LogP contribution in [0.1, 0.15) is 16.1 Å². The number of amides is 1. The molecule has 0 unspecified atom stereocenters. The van der Waals surface area contributed by atoms with Gasteiger partial charge in [-0.15, -0.1) is 0 Å². The van der Waals surface area contributed by atoms with Gasteiger partial charge in [0, 0.05) is 29.3 Å². The lowest BCUT2D eigenvalue weighted by molar-refractivity contribution is 0.0943. The minimum atomic E-state index is -0.468. The fraction of sp³-hybridized carbons (Fsp3) is 0.0625. The molecule has 5 nitrogen and oxygen atoms in total. The van der Waals surface area contributed by atoms with Gasteiger partial charge in [0.25, 0.3) is 5.91 Å². The van der Waals surface area contributed by atoms with Crippen LogP contribution in [-0.4, -0.2) is 21.0 Å². The zero-order chi connectivity index (χ0) is 15.5. The third kappa shape index (κ3) is 2.84. The quantitative estimate of drug-likeness (QED) is 0.779. The number of hydrogen-bond donors (Lipinski definition) is 2. The van der Waals surface area contributed by atoms with Crippen molar-refractivity contribution >= 4 is 28.4 Å². The van der Waals surface area contributed by atoms with E-state index < -0.39 is 5.91 Å². The first-order valence-electron chi connectivity index (χ1n) is 6.60. The molecule has 0 saturated heterocycles. The normalized spacial score (nSPS) is 10.6. The standard InChI is InChI=1S/C16H12ClN3O2/c17-12-5-1-3-10(7-12)8-20-16(22)14-15(21)13-11(9-19-14)4-2-6-18-13/h1-7,9,21H,8H2,(H,20,22). The zero-order valence-electron chi connectivity index (χ0n) is 11.5. The van der Waals surface area contributed by atoms with E-state index in [0.717, 1.165) is 5.56 Å². The second-order valence-electron chi connectivity index (χ2n) is 4.71. The van der Waals surface area contributed by atoms with Gasteiger partial charge in [-0.2, -0.15) is 0 Å². The maximum atomic E-state index is 12.2. The van der Waals surface area contributed by atoms with Gasteiger partial charge in [-0.1, -0.05) is 23.7 Å². The molecule has 0 bridgehead atoms. The highest BCUT2D eigenvalue weighted by atomic mass is 35.5. The molecule has 110 valence electrons. The van der Waals surface area contributed by atoms with Crippen LogP contribution in [0.3, 0.4) is 0 Å². The summed E-state index contributed by atoms with van der Waals surface area (Å²) in [7, 11) is 0. The van der Waals surface area contributed by atoms with E-state index in [9.17, 15) is 9.90 Å². The molecule has 0 spiro atoms. The number of carbonyl (C=O) groups excluding carboxylic acids is 1. The van der Waals surface area contributed by atoms with Crippen LogP contribution in [0.25, 0.3) is 10.9 Å². The molecule has 2 N–H and O–H groups in total. The number of pyridine rings is 2. The van der Waals surface area contributed by atoms with Crippen LogP contribution in [0.5, 0.6) is 5.75 Å². The van der Waals surface area contributed by atoms with E-state index in [1.807, 2.05) is 6.07 Å². The van der Waals surface area contributed by atoms with Crippen molar-refractivity contribution in [2.75, 3.05) is 0 Å². The van der Waals surface area contributed by atoms with Crippen molar-refractivity contribution in [1.29, 1.82) is 0 Å². The number of aromatic hydroxyl groups is 1. The summed E-state index contributed by atoms with van der Waals surface area (Å²) in [6, 6.07) is 10.7. The number of benzene rings is 1. The average Bonchev–Trinajstić information content (AvgIpc) is 2.53. The average molecular weight is 314 g/mol. The number of rotatable bonds is 3. The summed E-state index contributed by atoms with van der Waals surface area (Å²) in [5.41, 5.74) is 1.16. The predicted molar refractivity (Wildman–Crippen MR) is 83.8 cm³/mol. The molecule has 2 heterocycles. The second-order valence-corrected chi connectivity index (χ2v) is 5.15. The molecule has 0 fully saturated rings. The lowest BCUT2D eigenvalue weighted by Gasteiger charge is -2.08. The molecule has 1 aromatic carbocycles. The summed E-state index contributed by atoms with van der Waals surface area (Å²) in [5.74, 6) is -0.688. The lowest BCUT2D eigenvalue weighted by atomic mass is 10.2. The van der Waals surface area contributed by atoms with Crippen LogP contribution in [-0.2, 0) is 6.54 Å². The topological polar surface area (TPSA) is 75.1 Å². The summed E-state index contributed by atoms with van der Waals surface area (Å²) in [6.45, 7) is 0.292. The smallest absolute Gasteiger partial charge is 0.274 e. The third-order valence-corrected chi connectivity index (χ3v) is 3.41. The molecule has 0 aliphatic carbocycles. The van der Waals surface area contributed by atoms with Crippen LogP contribution < -0.4 is 5.32 Å². The van der Waals surface area contributed by atoms with Crippen LogP contribution in [0, 0.1) is 0 Å². The molecule has 0 radical (unpaired) electrons. The molecule has 1 amide bonds. The Morgan fingerprint density at radius 2 is 2.09 bits per heavy atom. The molecule has 0 atom stereocenters. The number of hydrogen-bond acceptors (Lipinski definition) is 4. The number of nitrogens with zero attached hydrogens (tertiary/aromatic N) is 2. The molecule has 6 heteroatoms. The first kappa shape index (κ1) is 14.3. The Hall–Kier alpha value is -2.66. The van der Waals surface area contributed by atoms with Crippen molar-refractivity contribution < 1.29 is 9.90 Å². The molecular formula is C16H12ClN3O2. The van der Waals surface area contributed by atoms with Crippen molar-refractivity contribution in [3.63, 3.8) is 0 Å². The summed E-state index contributed by atoms with van der Waals surface area (Å²) in [5, 5.41) is 14.1. The van der Waals surface area contributed by atoms with Crippen LogP contribution >= 0.6 is 11.6 Å². The number of halogens is 1. The van der Waals surface area contributed by atoms with Gasteiger partial charge in [0.15, 0.2) is 11.4 Å². The lowest BCUT2D eigenvalue weighted by Crippen LogP contribution is -2.24. The monoisotopic (exact) mass is 313 g/mol. The van der Waals surface area contributed by atoms with Crippen LogP contribution in [0.15, 0.2) is 48.8 Å². The highest BCUT2D eigenvalue weighted by Crippen LogP contribution is 2.24. The fourth-order valence-electron chi connectivity index (χ4n) is 2.11. The van der Waals surface area contributed by atoms with E-state index in [4.69, 9.17) is 11.6 Å². The van der Waals surface area contributed by atoms with Gasteiger partial charge in [0.1, 0.15) is 5.52 Å². The molecular weight excluding hydrogens is 302 g/mol. The van der Waals surface area contributed by atoms with Crippen molar-refractivity contribution in [2.24, 2.45) is 0 Å². The summed E-state index contributed by atoms with van der Waals surface area (Å²) in [4.78, 5) is 20.2. The third-order valence-electron chi connectivity index (χ3n) is 3.18. The predicted octanol–water partition coefficient (Wildman–Crippen LogP) is 2.92. The van der Waals surface area contributed by atoms with Crippen LogP contribution in [0.4, 0.5) is 0 Å². The van der Waals surface area contributed by atoms with E-state index >= 15 is 0 Å². The number of aromatic nitrogens is 2. The molecule has 22 heavy (non-hydrogen) atoms. The summed E-state index contributed by atoms with van der Waals surface area (Å²) >= 11 is 5.89. The minimum Gasteiger partial charge on any atom is -0.504 e. The molecule has 2 aromatic heterocycles. The Kier molecular flexibility index (Phi) is 3.89.